The van der Waals surface area contributed by atoms with Crippen LogP contribution in [0.5, 0.6) is 11.5 Å². The molecule has 21 heteroatoms. The number of hydrogen-bond acceptors (Lipinski definition) is 4. The van der Waals surface area contributed by atoms with E-state index in [-0.39, 0.29) is 90.0 Å². The summed E-state index contributed by atoms with van der Waals surface area (Å²) in [5.74, 6) is -18.2. The second-order valence-electron chi connectivity index (χ2n) is 15.8. The SMILES string of the molecule is C.CCCC1CCC(=O)CC1.CCCC1CCC(O)(c2cc(F)c(C(F)(F)Oc3cc(F)c(F)c(F)c3)c(F)c2)CC1.C[CH-]C.Fc1cc(OC(F)(F)c2c(F)cc(Br)cc2F)cc(F)c1F.[Cl-].[Mg+2]. The quantitative estimate of drug-likeness (QED) is 0.0704. The molecule has 0 bridgehead atoms. The smallest absolute Gasteiger partial charge is 1.00 e. The van der Waals surface area contributed by atoms with E-state index in [4.69, 9.17) is 0 Å². The minimum atomic E-state index is -4.66. The summed E-state index contributed by atoms with van der Waals surface area (Å²) in [4.78, 5) is 10.8. The summed E-state index contributed by atoms with van der Waals surface area (Å²) in [5, 5.41) is 10.8. The van der Waals surface area contributed by atoms with Gasteiger partial charge in [0.15, 0.2) is 34.9 Å². The third-order valence-electron chi connectivity index (χ3n) is 10.6. The van der Waals surface area contributed by atoms with Gasteiger partial charge in [0.1, 0.15) is 51.7 Å². The van der Waals surface area contributed by atoms with E-state index in [0.717, 1.165) is 44.4 Å². The van der Waals surface area contributed by atoms with Crippen molar-refractivity contribution < 1.29 is 93.2 Å². The predicted octanol–water partition coefficient (Wildman–Crippen LogP) is 13.0. The summed E-state index contributed by atoms with van der Waals surface area (Å²) < 4.78 is 198. The largest absolute Gasteiger partial charge is 2.00 e. The number of carbonyl (C=O) groups is 1. The van der Waals surface area contributed by atoms with Crippen molar-refractivity contribution in [3.8, 4) is 11.5 Å². The van der Waals surface area contributed by atoms with Crippen LogP contribution in [0.25, 0.3) is 0 Å². The first-order valence-corrected chi connectivity index (χ1v) is 21.7. The first-order valence-electron chi connectivity index (χ1n) is 20.9. The Hall–Kier alpha value is -3.33. The summed E-state index contributed by atoms with van der Waals surface area (Å²) in [5.41, 5.74) is -5.26. The third-order valence-corrected chi connectivity index (χ3v) is 11.0. The van der Waals surface area contributed by atoms with Crippen molar-refractivity contribution in [1.82, 2.24) is 0 Å². The van der Waals surface area contributed by atoms with Crippen LogP contribution < -0.4 is 21.9 Å². The fraction of sp³-hybridized carbons (Fsp3) is 0.458. The molecule has 0 heterocycles. The summed E-state index contributed by atoms with van der Waals surface area (Å²) in [6.45, 7) is 8.25. The molecule has 0 spiro atoms. The molecule has 2 saturated carbocycles. The Kier molecular flexibility index (Phi) is 27.8. The van der Waals surface area contributed by atoms with Crippen LogP contribution in [-0.2, 0) is 22.6 Å². The monoisotopic (exact) mass is 1100 g/mol. The molecule has 382 valence electrons. The van der Waals surface area contributed by atoms with E-state index in [1.165, 1.54) is 12.8 Å². The number of halogens is 16. The second kappa shape index (κ2) is 29.2. The van der Waals surface area contributed by atoms with E-state index in [2.05, 4.69) is 32.3 Å². The van der Waals surface area contributed by atoms with Crippen LogP contribution >= 0.6 is 15.9 Å². The van der Waals surface area contributed by atoms with E-state index in [1.54, 1.807) is 0 Å². The zero-order valence-corrected chi connectivity index (χ0v) is 41.0. The number of benzene rings is 4. The van der Waals surface area contributed by atoms with E-state index >= 15 is 0 Å². The zero-order chi connectivity index (χ0) is 49.7. The average molecular weight is 1100 g/mol. The molecule has 2 aliphatic rings. The molecule has 69 heavy (non-hydrogen) atoms. The normalized spacial score (nSPS) is 16.9. The van der Waals surface area contributed by atoms with Gasteiger partial charge in [0.2, 0.25) is 0 Å². The molecule has 0 unspecified atom stereocenters. The summed E-state index contributed by atoms with van der Waals surface area (Å²) in [6.07, 6.45) is 3.06. The molecule has 2 fully saturated rings. The van der Waals surface area contributed by atoms with Gasteiger partial charge in [-0.3, -0.25) is 4.79 Å². The van der Waals surface area contributed by atoms with Crippen LogP contribution in [0.15, 0.2) is 53.0 Å². The number of ketones is 1. The second-order valence-corrected chi connectivity index (χ2v) is 16.7. The van der Waals surface area contributed by atoms with Crippen molar-refractivity contribution >= 4 is 44.8 Å². The molecule has 4 aromatic rings. The molecule has 4 nitrogen and oxygen atoms in total. The number of rotatable bonds is 11. The molecule has 0 radical (unpaired) electrons. The molecule has 1 N–H and O–H groups in total. The topological polar surface area (TPSA) is 55.8 Å². The molecular formula is C48H52BrClF14MgO4. The van der Waals surface area contributed by atoms with E-state index < -0.39 is 98.6 Å². The van der Waals surface area contributed by atoms with Crippen molar-refractivity contribution in [2.45, 2.75) is 130 Å². The summed E-state index contributed by atoms with van der Waals surface area (Å²) in [7, 11) is 0. The molecule has 0 aromatic heterocycles. The van der Waals surface area contributed by atoms with Gasteiger partial charge >= 0.3 is 35.3 Å². The molecule has 2 aliphatic carbocycles. The zero-order valence-electron chi connectivity index (χ0n) is 37.3. The van der Waals surface area contributed by atoms with Crippen LogP contribution in [0.3, 0.4) is 0 Å². The Morgan fingerprint density at radius 3 is 1.23 bits per heavy atom. The number of Topliss-reactive ketones (excluding diaryl/α,β-unsaturated/α-hetero) is 1. The standard InChI is InChI=1S/C22H21F7O2.C13H4BrF7O.C9H16O.C3H7.CH4.ClH.Mg/c1-2-3-12-4-6-21(30,7-5-12)13-8-15(23)19(16(24)9-13)22(28,29)31-14-10-17(25)20(27)18(26)11-14;14-5-1-7(15)11(8(16)2-5)13(20,21)22-6-3-9(17)12(19)10(18)4-6;1-2-3-8-4-6-9(10)7-5-8;1-3-2;;;/h8-12,30H,2-7H2,1H3;1-4H;8H,2-7H2,1H3;3H,1-2H3;1H4;1H;/q;;;-1;;;+2/p-1. The summed E-state index contributed by atoms with van der Waals surface area (Å²) >= 11 is 2.70. The van der Waals surface area contributed by atoms with Gasteiger partial charge in [0.05, 0.1) is 5.60 Å². The van der Waals surface area contributed by atoms with Gasteiger partial charge in [0, 0.05) is 41.6 Å². The predicted molar refractivity (Wildman–Crippen MR) is 233 cm³/mol. The average Bonchev–Trinajstić information content (AvgIpc) is 3.20. The number of aliphatic hydroxyl groups is 1. The molecule has 0 saturated heterocycles. The Morgan fingerprint density at radius 2 is 0.913 bits per heavy atom. The maximum Gasteiger partial charge on any atom is 2.00 e. The van der Waals surface area contributed by atoms with Crippen LogP contribution in [0.1, 0.15) is 129 Å². The van der Waals surface area contributed by atoms with E-state index in [9.17, 15) is 71.4 Å². The number of hydrogen-bond donors (Lipinski definition) is 1. The van der Waals surface area contributed by atoms with Crippen molar-refractivity contribution in [3.05, 3.63) is 134 Å². The first kappa shape index (κ1) is 65.7. The minimum absolute atomic E-state index is 0. The van der Waals surface area contributed by atoms with Crippen molar-refractivity contribution in [2.75, 3.05) is 0 Å². The van der Waals surface area contributed by atoms with Gasteiger partial charge in [0.25, 0.3) is 0 Å². The molecule has 0 amide bonds. The Balaban J connectivity index is 0.00000106. The minimum Gasteiger partial charge on any atom is -1.00 e. The van der Waals surface area contributed by atoms with Gasteiger partial charge < -0.3 is 33.4 Å². The number of carbonyl (C=O) groups excluding carboxylic acids is 1. The van der Waals surface area contributed by atoms with Crippen molar-refractivity contribution in [2.24, 2.45) is 11.8 Å². The van der Waals surface area contributed by atoms with E-state index in [1.807, 2.05) is 27.2 Å². The number of ether oxygens (including phenoxy) is 2. The van der Waals surface area contributed by atoms with Gasteiger partial charge in [-0.05, 0) is 80.2 Å². The van der Waals surface area contributed by atoms with Crippen LogP contribution in [-0.4, -0.2) is 33.9 Å². The Bertz CT molecular complexity index is 2160. The van der Waals surface area contributed by atoms with Gasteiger partial charge in [-0.1, -0.05) is 62.9 Å². The fourth-order valence-electron chi connectivity index (χ4n) is 7.36. The van der Waals surface area contributed by atoms with Gasteiger partial charge in [-0.25, -0.2) is 43.9 Å². The van der Waals surface area contributed by atoms with Crippen LogP contribution in [0.4, 0.5) is 61.5 Å². The maximum absolute atomic E-state index is 14.5. The van der Waals surface area contributed by atoms with Crippen LogP contribution in [0, 0.1) is 76.4 Å². The van der Waals surface area contributed by atoms with E-state index in [0.29, 0.717) is 48.8 Å². The van der Waals surface area contributed by atoms with Crippen molar-refractivity contribution in [1.29, 1.82) is 0 Å². The third kappa shape index (κ3) is 18.7. The van der Waals surface area contributed by atoms with Crippen LogP contribution in [0.2, 0.25) is 0 Å². The fourth-order valence-corrected chi connectivity index (χ4v) is 7.76. The number of alkyl halides is 4. The Labute approximate surface area is 423 Å². The maximum atomic E-state index is 14.5. The van der Waals surface area contributed by atoms with Gasteiger partial charge in [-0.2, -0.15) is 31.4 Å². The van der Waals surface area contributed by atoms with Gasteiger partial charge in [-0.15, -0.1) is 0 Å². The molecule has 0 atom stereocenters. The molecular weight excluding hydrogens is 1050 g/mol. The molecule has 4 aromatic carbocycles. The molecule has 0 aliphatic heterocycles. The first-order chi connectivity index (χ1) is 30.8. The Morgan fingerprint density at radius 1 is 0.609 bits per heavy atom. The molecule has 6 rings (SSSR count). The van der Waals surface area contributed by atoms with Crippen molar-refractivity contribution in [3.63, 3.8) is 0 Å². The summed E-state index contributed by atoms with van der Waals surface area (Å²) in [6, 6.07) is 2.86.